The summed E-state index contributed by atoms with van der Waals surface area (Å²) in [7, 11) is 3.19. The number of benzene rings is 1. The highest BCUT2D eigenvalue weighted by Gasteiger charge is 2.49. The number of hydrogen-bond donors (Lipinski definition) is 3. The van der Waals surface area contributed by atoms with Crippen molar-refractivity contribution in [1.82, 2.24) is 9.88 Å². The molecule has 3 N–H and O–H groups in total. The zero-order chi connectivity index (χ0) is 26.0. The Morgan fingerprint density at radius 1 is 1.14 bits per heavy atom. The molecule has 0 aliphatic carbocycles. The number of methoxy groups -OCH3 is 2. The Morgan fingerprint density at radius 2 is 1.89 bits per heavy atom. The molecule has 4 rings (SSSR count). The Bertz CT molecular complexity index is 1060. The number of ether oxygens (including phenoxy) is 3. The molecular weight excluding hydrogens is 466 g/mol. The monoisotopic (exact) mass is 501 g/mol. The van der Waals surface area contributed by atoms with Gasteiger partial charge < -0.3 is 39.3 Å². The van der Waals surface area contributed by atoms with Crippen molar-refractivity contribution in [2.45, 2.75) is 38.1 Å². The number of nitrogens with zero attached hydrogens (tertiary/aromatic N) is 3. The van der Waals surface area contributed by atoms with Crippen LogP contribution in [0.5, 0.6) is 17.2 Å². The fourth-order valence-corrected chi connectivity index (χ4v) is 4.94. The van der Waals surface area contributed by atoms with E-state index in [0.717, 1.165) is 11.4 Å². The van der Waals surface area contributed by atoms with Gasteiger partial charge in [0.15, 0.2) is 17.6 Å². The first-order chi connectivity index (χ1) is 17.2. The number of hydrogen-bond acceptors (Lipinski definition) is 9. The van der Waals surface area contributed by atoms with Crippen molar-refractivity contribution in [3.8, 4) is 17.2 Å². The van der Waals surface area contributed by atoms with Crippen LogP contribution in [0, 0.1) is 5.41 Å². The van der Waals surface area contributed by atoms with Crippen molar-refractivity contribution in [1.29, 1.82) is 0 Å². The molecule has 10 heteroatoms. The van der Waals surface area contributed by atoms with Crippen LogP contribution in [0.1, 0.15) is 25.3 Å². The van der Waals surface area contributed by atoms with E-state index in [1.165, 1.54) is 4.90 Å². The minimum Gasteiger partial charge on any atom is -0.495 e. The molecule has 1 aromatic carbocycles. The highest BCUT2D eigenvalue weighted by molar-refractivity contribution is 5.81. The topological polar surface area (TPSA) is 125 Å². The van der Waals surface area contributed by atoms with E-state index in [1.54, 1.807) is 27.3 Å². The van der Waals surface area contributed by atoms with Gasteiger partial charge >= 0.3 is 0 Å². The maximum Gasteiger partial charge on any atom is 0.253 e. The molecule has 2 aromatic rings. The third kappa shape index (κ3) is 4.93. The van der Waals surface area contributed by atoms with Crippen LogP contribution in [0.15, 0.2) is 36.5 Å². The molecule has 2 saturated heterocycles. The molecule has 0 spiro atoms. The molecule has 0 radical (unpaired) electrons. The summed E-state index contributed by atoms with van der Waals surface area (Å²) >= 11 is 0. The molecule has 36 heavy (non-hydrogen) atoms. The van der Waals surface area contributed by atoms with Crippen LogP contribution in [-0.4, -0.2) is 96.4 Å². The van der Waals surface area contributed by atoms with Gasteiger partial charge in [0, 0.05) is 24.4 Å². The summed E-state index contributed by atoms with van der Waals surface area (Å²) in [6.45, 7) is 4.91. The van der Waals surface area contributed by atoms with E-state index in [2.05, 4.69) is 9.88 Å². The van der Waals surface area contributed by atoms with Gasteiger partial charge in [0.2, 0.25) is 0 Å². The average Bonchev–Trinajstić information content (AvgIpc) is 3.23. The van der Waals surface area contributed by atoms with Crippen LogP contribution < -0.4 is 19.1 Å². The summed E-state index contributed by atoms with van der Waals surface area (Å²) in [5.41, 5.74) is 0.250. The summed E-state index contributed by atoms with van der Waals surface area (Å²) in [4.78, 5) is 20.6. The first-order valence-corrected chi connectivity index (χ1v) is 12.1. The Hall–Kier alpha value is -3.08. The number of anilines is 1. The van der Waals surface area contributed by atoms with Gasteiger partial charge in [-0.2, -0.15) is 0 Å². The van der Waals surface area contributed by atoms with E-state index in [9.17, 15) is 20.1 Å². The zero-order valence-electron chi connectivity index (χ0n) is 21.1. The average molecular weight is 502 g/mol. The lowest BCUT2D eigenvalue weighted by atomic mass is 9.72. The lowest BCUT2D eigenvalue weighted by Gasteiger charge is -2.40. The van der Waals surface area contributed by atoms with Crippen LogP contribution in [0.2, 0.25) is 0 Å². The third-order valence-corrected chi connectivity index (χ3v) is 7.47. The van der Waals surface area contributed by atoms with Gasteiger partial charge in [-0.25, -0.2) is 4.98 Å². The maximum absolute atomic E-state index is 12.6. The molecule has 1 aromatic heterocycles. The number of aromatic nitrogens is 1. The van der Waals surface area contributed by atoms with Crippen LogP contribution in [0.3, 0.4) is 0 Å². The molecule has 0 unspecified atom stereocenters. The van der Waals surface area contributed by atoms with Crippen molar-refractivity contribution in [2.24, 2.45) is 5.41 Å². The van der Waals surface area contributed by atoms with Crippen molar-refractivity contribution in [3.63, 3.8) is 0 Å². The SMILES string of the molecule is COc1ccc(N2CC(Oc3cc([C@@H]4CN(C(=O)[C@@H](O)CO)C[C@@]4(C)[C@@H](C)O)ccc3OC)C2)nc1. The van der Waals surface area contributed by atoms with Crippen molar-refractivity contribution < 1.29 is 34.3 Å². The predicted molar refractivity (Wildman–Crippen MR) is 133 cm³/mol. The number of aliphatic hydroxyl groups excluding tert-OH is 3. The number of pyridine rings is 1. The maximum atomic E-state index is 12.6. The van der Waals surface area contributed by atoms with E-state index in [4.69, 9.17) is 14.2 Å². The van der Waals surface area contributed by atoms with Crippen LogP contribution in [0.4, 0.5) is 5.82 Å². The molecule has 4 atom stereocenters. The van der Waals surface area contributed by atoms with Gasteiger partial charge in [-0.1, -0.05) is 13.0 Å². The molecule has 0 saturated carbocycles. The van der Waals surface area contributed by atoms with E-state index in [1.807, 2.05) is 37.3 Å². The summed E-state index contributed by atoms with van der Waals surface area (Å²) < 4.78 is 17.0. The number of rotatable bonds is 9. The summed E-state index contributed by atoms with van der Waals surface area (Å²) in [6.07, 6.45) is -0.555. The second-order valence-electron chi connectivity index (χ2n) is 9.76. The normalized spacial score (nSPS) is 23.7. The standard InChI is InChI=1S/C26H35N3O7/c1-16(31)26(2)15-29(25(33)21(32)14-30)13-20(26)17-5-7-22(35-4)23(9-17)36-19-11-28(12-19)24-8-6-18(34-3)10-27-24/h5-10,16,19-21,30-32H,11-15H2,1-4H3/t16-,20+,21+,26+/m1/s1. The van der Waals surface area contributed by atoms with Crippen LogP contribution in [0.25, 0.3) is 0 Å². The first-order valence-electron chi connectivity index (χ1n) is 12.1. The van der Waals surface area contributed by atoms with Gasteiger partial charge in [-0.3, -0.25) is 4.79 Å². The van der Waals surface area contributed by atoms with Crippen molar-refractivity contribution in [2.75, 3.05) is 51.9 Å². The van der Waals surface area contributed by atoms with E-state index in [0.29, 0.717) is 36.9 Å². The molecule has 196 valence electrons. The Morgan fingerprint density at radius 3 is 2.47 bits per heavy atom. The molecule has 10 nitrogen and oxygen atoms in total. The number of carbonyl (C=O) groups is 1. The minimum absolute atomic E-state index is 0.0532. The molecule has 3 heterocycles. The quantitative estimate of drug-likeness (QED) is 0.462. The minimum atomic E-state index is -1.47. The predicted octanol–water partition coefficient (Wildman–Crippen LogP) is 1.03. The van der Waals surface area contributed by atoms with Crippen LogP contribution in [-0.2, 0) is 4.79 Å². The highest BCUT2D eigenvalue weighted by atomic mass is 16.5. The second-order valence-corrected chi connectivity index (χ2v) is 9.76. The molecular formula is C26H35N3O7. The number of likely N-dealkylation sites (tertiary alicyclic amines) is 1. The van der Waals surface area contributed by atoms with Gasteiger partial charge in [0.25, 0.3) is 5.91 Å². The fourth-order valence-electron chi connectivity index (χ4n) is 4.94. The smallest absolute Gasteiger partial charge is 0.253 e. The Balaban J connectivity index is 1.50. The summed E-state index contributed by atoms with van der Waals surface area (Å²) in [6, 6.07) is 9.45. The largest absolute Gasteiger partial charge is 0.495 e. The van der Waals surface area contributed by atoms with E-state index >= 15 is 0 Å². The second kappa shape index (κ2) is 10.5. The van der Waals surface area contributed by atoms with Gasteiger partial charge in [-0.05, 0) is 36.8 Å². The lowest BCUT2D eigenvalue weighted by molar-refractivity contribution is -0.141. The molecule has 2 aliphatic rings. The Labute approximate surface area is 211 Å². The summed E-state index contributed by atoms with van der Waals surface area (Å²) in [5.74, 6) is 2.00. The number of amides is 1. The van der Waals surface area contributed by atoms with Gasteiger partial charge in [-0.15, -0.1) is 0 Å². The van der Waals surface area contributed by atoms with E-state index < -0.39 is 30.1 Å². The molecule has 2 aliphatic heterocycles. The number of carbonyl (C=O) groups excluding carboxylic acids is 1. The van der Waals surface area contributed by atoms with Crippen molar-refractivity contribution in [3.05, 3.63) is 42.1 Å². The highest BCUT2D eigenvalue weighted by Crippen LogP contribution is 2.47. The Kier molecular flexibility index (Phi) is 7.58. The first kappa shape index (κ1) is 26.0. The van der Waals surface area contributed by atoms with Crippen molar-refractivity contribution >= 4 is 11.7 Å². The van der Waals surface area contributed by atoms with Gasteiger partial charge in [0.05, 0.1) is 46.2 Å². The third-order valence-electron chi connectivity index (χ3n) is 7.47. The molecule has 2 fully saturated rings. The van der Waals surface area contributed by atoms with Crippen LogP contribution >= 0.6 is 0 Å². The van der Waals surface area contributed by atoms with Gasteiger partial charge in [0.1, 0.15) is 17.7 Å². The van der Waals surface area contributed by atoms with E-state index in [-0.39, 0.29) is 18.6 Å². The zero-order valence-corrected chi connectivity index (χ0v) is 21.1. The lowest BCUT2D eigenvalue weighted by Crippen LogP contribution is -2.54. The number of aliphatic hydroxyl groups is 3. The molecule has 1 amide bonds. The fraction of sp³-hybridized carbons (Fsp3) is 0.538. The summed E-state index contributed by atoms with van der Waals surface area (Å²) in [5, 5.41) is 29.7. The molecule has 0 bridgehead atoms.